The first-order chi connectivity index (χ1) is 30.3. The van der Waals surface area contributed by atoms with Gasteiger partial charge >= 0.3 is 0 Å². The molecule has 0 aliphatic heterocycles. The molecule has 3 nitrogen and oxygen atoms in total. The fraction of sp³-hybridized carbons (Fsp3) is 0.0172. The smallest absolute Gasteiger partial charge is 0.137 e. The van der Waals surface area contributed by atoms with Gasteiger partial charge in [-0.1, -0.05) is 158 Å². The molecule has 0 amide bonds. The van der Waals surface area contributed by atoms with Crippen molar-refractivity contribution in [3.05, 3.63) is 258 Å². The number of para-hydroxylation sites is 2. The summed E-state index contributed by atoms with van der Waals surface area (Å²) in [6, 6.07) is 79.3. The molecule has 3 heteroatoms. The number of rotatable bonds is 8. The van der Waals surface area contributed by atoms with Crippen molar-refractivity contribution in [3.8, 4) is 16.8 Å². The van der Waals surface area contributed by atoms with E-state index in [1.54, 1.807) is 0 Å². The second kappa shape index (κ2) is 14.1. The van der Waals surface area contributed by atoms with Gasteiger partial charge in [0, 0.05) is 34.0 Å². The van der Waals surface area contributed by atoms with Gasteiger partial charge in [-0.05, 0) is 128 Å². The van der Waals surface area contributed by atoms with Gasteiger partial charge in [-0.3, -0.25) is 4.90 Å². The molecule has 11 aromatic rings. The van der Waals surface area contributed by atoms with E-state index in [4.69, 9.17) is 4.98 Å². The highest BCUT2D eigenvalue weighted by molar-refractivity contribution is 6.24. The van der Waals surface area contributed by atoms with Crippen LogP contribution in [0.4, 0.5) is 17.2 Å². The molecule has 0 fully saturated rings. The minimum atomic E-state index is -0.541. The number of aromatic nitrogens is 2. The summed E-state index contributed by atoms with van der Waals surface area (Å²) in [5.74, 6) is 0.872. The Kier molecular flexibility index (Phi) is 8.07. The Morgan fingerprint density at radius 2 is 1.10 bits per heavy atom. The summed E-state index contributed by atoms with van der Waals surface area (Å²) >= 11 is 0. The number of nitrogens with zero attached hydrogens (tertiary/aromatic N) is 3. The van der Waals surface area contributed by atoms with Crippen LogP contribution in [0.1, 0.15) is 33.4 Å². The number of benzene rings is 9. The Morgan fingerprint density at radius 1 is 0.426 bits per heavy atom. The van der Waals surface area contributed by atoms with Crippen LogP contribution < -0.4 is 4.90 Å². The predicted molar refractivity (Wildman–Crippen MR) is 255 cm³/mol. The Hall–Kier alpha value is -8.01. The molecule has 0 atom stereocenters. The summed E-state index contributed by atoms with van der Waals surface area (Å²) in [5.41, 5.74) is 15.0. The van der Waals surface area contributed by atoms with Crippen molar-refractivity contribution in [1.82, 2.24) is 9.55 Å². The van der Waals surface area contributed by atoms with Gasteiger partial charge in [-0.15, -0.1) is 0 Å². The van der Waals surface area contributed by atoms with E-state index in [9.17, 15) is 0 Å². The largest absolute Gasteiger partial charge is 0.309 e. The highest BCUT2D eigenvalue weighted by Crippen LogP contribution is 2.57. The van der Waals surface area contributed by atoms with Crippen LogP contribution in [-0.2, 0) is 5.41 Å². The van der Waals surface area contributed by atoms with Gasteiger partial charge in [-0.25, -0.2) is 4.98 Å². The standard InChI is InChI=1S/C58H39N3/c1-5-17-44(18-6-1)58(45-19-7-2-8-20-45)51-34-32-48(60(46-21-9-3-10-22-46)55-26-13-14-35-59-55)39-50(51)49-33-29-40(37-52(49)58)27-28-41-36-43-31-30-42-16-15-25-53-56(42)57(43)54(38-41)61(53)47-23-11-4-12-24-47/h1-39H/b28-27+. The maximum absolute atomic E-state index is 4.83. The van der Waals surface area contributed by atoms with Crippen molar-refractivity contribution in [2.24, 2.45) is 0 Å². The molecule has 1 aliphatic rings. The van der Waals surface area contributed by atoms with Crippen LogP contribution in [0, 0.1) is 0 Å². The van der Waals surface area contributed by atoms with Gasteiger partial charge in [0.2, 0.25) is 0 Å². The average molecular weight is 778 g/mol. The summed E-state index contributed by atoms with van der Waals surface area (Å²) in [6.45, 7) is 0. The van der Waals surface area contributed by atoms with Crippen LogP contribution in [0.5, 0.6) is 0 Å². The molecular weight excluding hydrogens is 739 g/mol. The molecule has 2 heterocycles. The van der Waals surface area contributed by atoms with Crippen LogP contribution in [0.25, 0.3) is 61.5 Å². The number of hydrogen-bond acceptors (Lipinski definition) is 2. The lowest BCUT2D eigenvalue weighted by Crippen LogP contribution is -2.28. The van der Waals surface area contributed by atoms with Crippen molar-refractivity contribution in [2.45, 2.75) is 5.41 Å². The summed E-state index contributed by atoms with van der Waals surface area (Å²) < 4.78 is 2.42. The van der Waals surface area contributed by atoms with E-state index in [0.717, 1.165) is 28.3 Å². The topological polar surface area (TPSA) is 21.1 Å². The van der Waals surface area contributed by atoms with Gasteiger partial charge in [0.15, 0.2) is 0 Å². The average Bonchev–Trinajstić information content (AvgIpc) is 3.82. The maximum Gasteiger partial charge on any atom is 0.137 e. The number of pyridine rings is 1. The van der Waals surface area contributed by atoms with E-state index in [-0.39, 0.29) is 0 Å². The summed E-state index contributed by atoms with van der Waals surface area (Å²) in [4.78, 5) is 7.07. The molecule has 0 unspecified atom stereocenters. The first-order valence-electron chi connectivity index (χ1n) is 21.0. The van der Waals surface area contributed by atoms with E-state index in [1.165, 1.54) is 71.6 Å². The number of hydrogen-bond donors (Lipinski definition) is 0. The van der Waals surface area contributed by atoms with E-state index in [0.29, 0.717) is 0 Å². The molecule has 0 spiro atoms. The maximum atomic E-state index is 4.83. The Morgan fingerprint density at radius 3 is 1.84 bits per heavy atom. The predicted octanol–water partition coefficient (Wildman–Crippen LogP) is 14.8. The van der Waals surface area contributed by atoms with E-state index >= 15 is 0 Å². The van der Waals surface area contributed by atoms with Gasteiger partial charge in [-0.2, -0.15) is 0 Å². The molecule has 1 aliphatic carbocycles. The quantitative estimate of drug-likeness (QED) is 0.113. The molecule has 12 rings (SSSR count). The lowest BCUT2D eigenvalue weighted by Gasteiger charge is -2.34. The van der Waals surface area contributed by atoms with Gasteiger partial charge in [0.1, 0.15) is 5.82 Å². The second-order valence-corrected chi connectivity index (χ2v) is 16.0. The van der Waals surface area contributed by atoms with Crippen LogP contribution in [0.15, 0.2) is 225 Å². The van der Waals surface area contributed by atoms with Crippen molar-refractivity contribution >= 4 is 61.9 Å². The summed E-state index contributed by atoms with van der Waals surface area (Å²) in [6.07, 6.45) is 6.43. The number of fused-ring (bicyclic) bond motifs is 3. The molecular formula is C58H39N3. The zero-order chi connectivity index (χ0) is 40.3. The molecule has 2 aromatic heterocycles. The molecule has 0 radical (unpaired) electrons. The van der Waals surface area contributed by atoms with Crippen molar-refractivity contribution < 1.29 is 0 Å². The monoisotopic (exact) mass is 777 g/mol. The fourth-order valence-corrected chi connectivity index (χ4v) is 10.1. The highest BCUT2D eigenvalue weighted by atomic mass is 15.2. The summed E-state index contributed by atoms with van der Waals surface area (Å²) in [7, 11) is 0. The Bertz CT molecular complexity index is 3310. The Labute approximate surface area is 355 Å². The zero-order valence-electron chi connectivity index (χ0n) is 33.4. The molecule has 0 saturated heterocycles. The lowest BCUT2D eigenvalue weighted by atomic mass is 9.67. The second-order valence-electron chi connectivity index (χ2n) is 16.0. The van der Waals surface area contributed by atoms with Crippen LogP contribution in [0.3, 0.4) is 0 Å². The third kappa shape index (κ3) is 5.48. The molecule has 9 aromatic carbocycles. The molecule has 286 valence electrons. The zero-order valence-corrected chi connectivity index (χ0v) is 33.4. The normalized spacial score (nSPS) is 13.0. The third-order valence-corrected chi connectivity index (χ3v) is 12.6. The first-order valence-corrected chi connectivity index (χ1v) is 21.0. The van der Waals surface area contributed by atoms with Crippen LogP contribution >= 0.6 is 0 Å². The number of anilines is 3. The SMILES string of the molecule is C(=C\c1cc2ccc3cccc4c3c2c(c1)n4-c1ccccc1)/c1ccc2c(c1)C(c1ccccc1)(c1ccccc1)c1ccc(N(c3ccccc3)c3ccccn3)cc1-2. The minimum Gasteiger partial charge on any atom is -0.309 e. The van der Waals surface area contributed by atoms with Gasteiger partial charge < -0.3 is 4.57 Å². The van der Waals surface area contributed by atoms with E-state index in [1.807, 2.05) is 12.3 Å². The van der Waals surface area contributed by atoms with Crippen molar-refractivity contribution in [2.75, 3.05) is 4.90 Å². The van der Waals surface area contributed by atoms with Gasteiger partial charge in [0.05, 0.1) is 16.4 Å². The fourth-order valence-electron chi connectivity index (χ4n) is 10.1. The molecule has 61 heavy (non-hydrogen) atoms. The highest BCUT2D eigenvalue weighted by Gasteiger charge is 2.46. The van der Waals surface area contributed by atoms with Crippen LogP contribution in [0.2, 0.25) is 0 Å². The molecule has 0 N–H and O–H groups in total. The lowest BCUT2D eigenvalue weighted by molar-refractivity contribution is 0.768. The minimum absolute atomic E-state index is 0.541. The van der Waals surface area contributed by atoms with E-state index in [2.05, 4.69) is 234 Å². The van der Waals surface area contributed by atoms with Crippen molar-refractivity contribution in [1.29, 1.82) is 0 Å². The first kappa shape index (κ1) is 35.0. The molecule has 0 bridgehead atoms. The van der Waals surface area contributed by atoms with E-state index < -0.39 is 5.41 Å². The van der Waals surface area contributed by atoms with Crippen molar-refractivity contribution in [3.63, 3.8) is 0 Å². The van der Waals surface area contributed by atoms with Crippen LogP contribution in [-0.4, -0.2) is 9.55 Å². The Balaban J connectivity index is 1.05. The molecule has 0 saturated carbocycles. The third-order valence-electron chi connectivity index (χ3n) is 12.6. The summed E-state index contributed by atoms with van der Waals surface area (Å²) in [5, 5.41) is 5.15. The van der Waals surface area contributed by atoms with Gasteiger partial charge in [0.25, 0.3) is 0 Å².